The lowest BCUT2D eigenvalue weighted by Crippen LogP contribution is -2.48. The summed E-state index contributed by atoms with van der Waals surface area (Å²) in [6, 6.07) is 10.2. The van der Waals surface area contributed by atoms with Gasteiger partial charge in [0.25, 0.3) is 0 Å². The van der Waals surface area contributed by atoms with Crippen LogP contribution in [-0.4, -0.2) is 37.2 Å². The molecule has 0 aromatic heterocycles. The first-order valence-electron chi connectivity index (χ1n) is 6.94. The average molecular weight is 246 g/mol. The van der Waals surface area contributed by atoms with Gasteiger partial charge in [0, 0.05) is 24.2 Å². The Bertz CT molecular complexity index is 421. The van der Waals surface area contributed by atoms with Gasteiger partial charge >= 0.3 is 0 Å². The van der Waals surface area contributed by atoms with Gasteiger partial charge in [0.1, 0.15) is 12.4 Å². The van der Waals surface area contributed by atoms with Crippen molar-refractivity contribution in [1.29, 1.82) is 0 Å². The van der Waals surface area contributed by atoms with Crippen molar-refractivity contribution < 1.29 is 4.74 Å². The molecule has 3 nitrogen and oxygen atoms in total. The maximum atomic E-state index is 5.81. The van der Waals surface area contributed by atoms with Crippen LogP contribution in [0.15, 0.2) is 24.3 Å². The summed E-state index contributed by atoms with van der Waals surface area (Å²) in [7, 11) is 2.07. The molecule has 1 aromatic carbocycles. The summed E-state index contributed by atoms with van der Waals surface area (Å²) in [6.45, 7) is 4.31. The van der Waals surface area contributed by atoms with Crippen molar-refractivity contribution in [2.24, 2.45) is 0 Å². The molecule has 2 aliphatic rings. The Labute approximate surface area is 109 Å². The van der Waals surface area contributed by atoms with E-state index in [2.05, 4.69) is 48.5 Å². The monoisotopic (exact) mass is 246 g/mol. The molecule has 2 aliphatic heterocycles. The van der Waals surface area contributed by atoms with Crippen LogP contribution in [0.4, 0.5) is 0 Å². The van der Waals surface area contributed by atoms with Gasteiger partial charge in [-0.1, -0.05) is 18.2 Å². The summed E-state index contributed by atoms with van der Waals surface area (Å²) in [4.78, 5) is 2.61. The molecule has 0 bridgehead atoms. The van der Waals surface area contributed by atoms with Gasteiger partial charge in [0.05, 0.1) is 6.04 Å². The molecule has 0 saturated carbocycles. The van der Waals surface area contributed by atoms with E-state index in [1.807, 2.05) is 0 Å². The van der Waals surface area contributed by atoms with Crippen LogP contribution in [0.5, 0.6) is 5.75 Å². The summed E-state index contributed by atoms with van der Waals surface area (Å²) in [5.74, 6) is 1.07. The molecule has 0 spiro atoms. The van der Waals surface area contributed by atoms with E-state index < -0.39 is 0 Å². The zero-order valence-electron chi connectivity index (χ0n) is 11.2. The molecular formula is C15H22N2O. The van der Waals surface area contributed by atoms with E-state index in [0.29, 0.717) is 18.1 Å². The Kier molecular flexibility index (Phi) is 3.27. The van der Waals surface area contributed by atoms with Gasteiger partial charge in [-0.05, 0) is 32.9 Å². The summed E-state index contributed by atoms with van der Waals surface area (Å²) in [5, 5.41) is 3.41. The molecule has 0 radical (unpaired) electrons. The van der Waals surface area contributed by atoms with Crippen molar-refractivity contribution in [3.63, 3.8) is 0 Å². The maximum Gasteiger partial charge on any atom is 0.124 e. The van der Waals surface area contributed by atoms with Crippen LogP contribution in [0.1, 0.15) is 31.4 Å². The highest BCUT2D eigenvalue weighted by atomic mass is 16.5. The second-order valence-corrected chi connectivity index (χ2v) is 5.46. The summed E-state index contributed by atoms with van der Waals surface area (Å²) >= 11 is 0. The molecule has 1 fully saturated rings. The summed E-state index contributed by atoms with van der Waals surface area (Å²) in [6.07, 6.45) is 2.47. The van der Waals surface area contributed by atoms with E-state index in [1.54, 1.807) is 0 Å². The van der Waals surface area contributed by atoms with Crippen molar-refractivity contribution >= 4 is 0 Å². The third-order valence-electron chi connectivity index (χ3n) is 4.41. The molecule has 3 heteroatoms. The van der Waals surface area contributed by atoms with Crippen LogP contribution in [0, 0.1) is 0 Å². The summed E-state index contributed by atoms with van der Waals surface area (Å²) in [5.41, 5.74) is 1.37. The molecule has 18 heavy (non-hydrogen) atoms. The average Bonchev–Trinajstić information content (AvgIpc) is 2.82. The van der Waals surface area contributed by atoms with Crippen LogP contribution < -0.4 is 10.1 Å². The van der Waals surface area contributed by atoms with Gasteiger partial charge in [0.15, 0.2) is 0 Å². The second kappa shape index (κ2) is 4.90. The van der Waals surface area contributed by atoms with Crippen molar-refractivity contribution in [3.8, 4) is 5.75 Å². The van der Waals surface area contributed by atoms with Gasteiger partial charge in [-0.15, -0.1) is 0 Å². The topological polar surface area (TPSA) is 24.5 Å². The highest BCUT2D eigenvalue weighted by Gasteiger charge is 2.35. The number of para-hydroxylation sites is 1. The number of benzene rings is 1. The van der Waals surface area contributed by atoms with E-state index in [9.17, 15) is 0 Å². The highest BCUT2D eigenvalue weighted by Crippen LogP contribution is 2.38. The Morgan fingerprint density at radius 3 is 2.94 bits per heavy atom. The van der Waals surface area contributed by atoms with E-state index in [-0.39, 0.29) is 0 Å². The smallest absolute Gasteiger partial charge is 0.124 e. The van der Waals surface area contributed by atoms with Gasteiger partial charge in [-0.2, -0.15) is 0 Å². The molecule has 1 aromatic rings. The number of nitrogens with one attached hydrogen (secondary N) is 1. The minimum Gasteiger partial charge on any atom is -0.491 e. The maximum absolute atomic E-state index is 5.81. The molecule has 98 valence electrons. The van der Waals surface area contributed by atoms with Crippen LogP contribution in [-0.2, 0) is 0 Å². The number of piperidine rings is 1. The number of rotatable bonds is 2. The number of nitrogens with zero attached hydrogens (tertiary/aromatic N) is 1. The second-order valence-electron chi connectivity index (χ2n) is 5.46. The van der Waals surface area contributed by atoms with Gasteiger partial charge in [-0.25, -0.2) is 0 Å². The fourth-order valence-electron chi connectivity index (χ4n) is 3.34. The first-order valence-corrected chi connectivity index (χ1v) is 6.94. The summed E-state index contributed by atoms with van der Waals surface area (Å²) < 4.78 is 5.81. The van der Waals surface area contributed by atoms with Crippen LogP contribution in [0.25, 0.3) is 0 Å². The Morgan fingerprint density at radius 2 is 2.17 bits per heavy atom. The molecule has 0 aliphatic carbocycles. The van der Waals surface area contributed by atoms with Crippen molar-refractivity contribution in [1.82, 2.24) is 10.2 Å². The lowest BCUT2D eigenvalue weighted by molar-refractivity contribution is 0.0761. The quantitative estimate of drug-likeness (QED) is 0.865. The van der Waals surface area contributed by atoms with Crippen molar-refractivity contribution in [2.45, 2.75) is 37.9 Å². The number of likely N-dealkylation sites (tertiary alicyclic amines) is 1. The Hall–Kier alpha value is -1.06. The molecule has 3 rings (SSSR count). The van der Waals surface area contributed by atoms with E-state index >= 15 is 0 Å². The molecule has 3 atom stereocenters. The minimum atomic E-state index is 0.453. The van der Waals surface area contributed by atoms with E-state index in [0.717, 1.165) is 18.9 Å². The highest BCUT2D eigenvalue weighted by molar-refractivity contribution is 5.39. The predicted octanol–water partition coefficient (Wildman–Crippen LogP) is 2.19. The predicted molar refractivity (Wildman–Crippen MR) is 72.9 cm³/mol. The third kappa shape index (κ3) is 2.02. The van der Waals surface area contributed by atoms with Crippen LogP contribution in [0.2, 0.25) is 0 Å². The van der Waals surface area contributed by atoms with Gasteiger partial charge in [0.2, 0.25) is 0 Å². The standard InChI is InChI=1S/C15H22N2O/c1-11-9-12(16-2)7-8-17(11)14-10-18-15-6-4-3-5-13(14)15/h3-6,11-12,14,16H,7-10H2,1-2H3. The number of hydrogen-bond acceptors (Lipinski definition) is 3. The molecular weight excluding hydrogens is 224 g/mol. The largest absolute Gasteiger partial charge is 0.491 e. The third-order valence-corrected chi connectivity index (χ3v) is 4.41. The number of hydrogen-bond donors (Lipinski definition) is 1. The fourth-order valence-corrected chi connectivity index (χ4v) is 3.34. The number of ether oxygens (including phenoxy) is 1. The number of fused-ring (bicyclic) bond motifs is 1. The fraction of sp³-hybridized carbons (Fsp3) is 0.600. The molecule has 1 saturated heterocycles. The van der Waals surface area contributed by atoms with Crippen LogP contribution >= 0.6 is 0 Å². The Balaban J connectivity index is 1.77. The SMILES string of the molecule is CNC1CCN(C2COc3ccccc32)C(C)C1. The molecule has 1 N–H and O–H groups in total. The van der Waals surface area contributed by atoms with Gasteiger partial charge < -0.3 is 10.1 Å². The van der Waals surface area contributed by atoms with E-state index in [1.165, 1.54) is 18.4 Å². The molecule has 3 unspecified atom stereocenters. The molecule has 2 heterocycles. The first kappa shape index (κ1) is 12.0. The lowest BCUT2D eigenvalue weighted by Gasteiger charge is -2.40. The zero-order valence-corrected chi connectivity index (χ0v) is 11.2. The zero-order chi connectivity index (χ0) is 12.5. The normalized spacial score (nSPS) is 32.0. The van der Waals surface area contributed by atoms with Gasteiger partial charge in [-0.3, -0.25) is 4.90 Å². The lowest BCUT2D eigenvalue weighted by atomic mass is 9.95. The van der Waals surface area contributed by atoms with Crippen molar-refractivity contribution in [3.05, 3.63) is 29.8 Å². The van der Waals surface area contributed by atoms with E-state index in [4.69, 9.17) is 4.74 Å². The van der Waals surface area contributed by atoms with Crippen LogP contribution in [0.3, 0.4) is 0 Å². The first-order chi connectivity index (χ1) is 8.79. The minimum absolute atomic E-state index is 0.453. The Morgan fingerprint density at radius 1 is 1.33 bits per heavy atom. The molecule has 0 amide bonds. The van der Waals surface area contributed by atoms with Crippen molar-refractivity contribution in [2.75, 3.05) is 20.2 Å².